The zero-order chi connectivity index (χ0) is 7.26. The van der Waals surface area contributed by atoms with Gasteiger partial charge >= 0.3 is 0 Å². The van der Waals surface area contributed by atoms with E-state index in [4.69, 9.17) is 0 Å². The number of hydrogen-bond donors (Lipinski definition) is 0. The van der Waals surface area contributed by atoms with Crippen LogP contribution >= 0.6 is 0 Å². The minimum Gasteiger partial charge on any atom is -0.0728 e. The molecule has 0 saturated carbocycles. The molecule has 0 aliphatic heterocycles. The normalized spacial score (nSPS) is 30.9. The van der Waals surface area contributed by atoms with Crippen molar-refractivity contribution in [2.75, 3.05) is 0 Å². The third-order valence-electron chi connectivity index (χ3n) is 2.76. The maximum Gasteiger partial charge on any atom is 0.0101 e. The lowest BCUT2D eigenvalue weighted by molar-refractivity contribution is 0.797. The van der Waals surface area contributed by atoms with Gasteiger partial charge in [0.15, 0.2) is 0 Å². The van der Waals surface area contributed by atoms with Gasteiger partial charge in [-0.25, -0.2) is 0 Å². The van der Waals surface area contributed by atoms with Crippen molar-refractivity contribution in [1.29, 1.82) is 0 Å². The Morgan fingerprint density at radius 1 is 1.18 bits per heavy atom. The fraction of sp³-hybridized carbons (Fsp3) is 0.273. The molecule has 0 nitrogen and oxygen atoms in total. The van der Waals surface area contributed by atoms with Gasteiger partial charge in [-0.2, -0.15) is 0 Å². The van der Waals surface area contributed by atoms with E-state index in [9.17, 15) is 0 Å². The Balaban J connectivity index is 2.28. The number of benzene rings is 1. The van der Waals surface area contributed by atoms with E-state index in [1.807, 2.05) is 0 Å². The van der Waals surface area contributed by atoms with E-state index in [0.29, 0.717) is 11.8 Å². The van der Waals surface area contributed by atoms with Gasteiger partial charge in [0.25, 0.3) is 0 Å². The summed E-state index contributed by atoms with van der Waals surface area (Å²) in [5.41, 5.74) is 3.05. The number of allylic oxidation sites excluding steroid dienone is 2. The van der Waals surface area contributed by atoms with Crippen molar-refractivity contribution in [1.82, 2.24) is 0 Å². The minimum absolute atomic E-state index is 0.621. The van der Waals surface area contributed by atoms with Crippen LogP contribution < -0.4 is 0 Å². The highest BCUT2D eigenvalue weighted by Gasteiger charge is 2.31. The minimum atomic E-state index is 0.621. The molecule has 1 aromatic rings. The molecule has 1 aromatic carbocycles. The number of rotatable bonds is 0. The van der Waals surface area contributed by atoms with Crippen LogP contribution in [0.15, 0.2) is 30.3 Å². The van der Waals surface area contributed by atoms with Gasteiger partial charge in [0.1, 0.15) is 0 Å². The first-order chi connectivity index (χ1) is 5.45. The maximum absolute atomic E-state index is 3.39. The largest absolute Gasteiger partial charge is 0.0728 e. The highest BCUT2D eigenvalue weighted by atomic mass is 14.3. The molecule has 11 heavy (non-hydrogen) atoms. The molecule has 0 heterocycles. The molecule has 0 fully saturated rings. The van der Waals surface area contributed by atoms with E-state index in [2.05, 4.69) is 36.4 Å². The second kappa shape index (κ2) is 1.76. The molecule has 0 aromatic heterocycles. The van der Waals surface area contributed by atoms with Gasteiger partial charge in [-0.15, -0.1) is 0 Å². The van der Waals surface area contributed by atoms with Crippen LogP contribution in [0.4, 0.5) is 0 Å². The lowest BCUT2D eigenvalue weighted by Crippen LogP contribution is -1.90. The summed E-state index contributed by atoms with van der Waals surface area (Å²) >= 11 is 0. The van der Waals surface area contributed by atoms with Gasteiger partial charge in [0.05, 0.1) is 0 Å². The van der Waals surface area contributed by atoms with Crippen LogP contribution in [-0.2, 0) is 0 Å². The molecule has 2 bridgehead atoms. The number of hydrogen-bond acceptors (Lipinski definition) is 0. The zero-order valence-corrected chi connectivity index (χ0v) is 6.25. The van der Waals surface area contributed by atoms with Crippen LogP contribution in [0.3, 0.4) is 0 Å². The summed E-state index contributed by atoms with van der Waals surface area (Å²) in [5, 5.41) is 0. The van der Waals surface area contributed by atoms with Crippen LogP contribution in [0.25, 0.3) is 0 Å². The summed E-state index contributed by atoms with van der Waals surface area (Å²) in [6.45, 7) is 0. The van der Waals surface area contributed by atoms with Gasteiger partial charge in [-0.05, 0) is 23.6 Å². The summed E-state index contributed by atoms with van der Waals surface area (Å²) in [7, 11) is 0. The first-order valence-corrected chi connectivity index (χ1v) is 4.13. The lowest BCUT2D eigenvalue weighted by Gasteiger charge is -2.07. The quantitative estimate of drug-likeness (QED) is 0.521. The summed E-state index contributed by atoms with van der Waals surface area (Å²) in [6.07, 6.45) is 6.89. The van der Waals surface area contributed by atoms with E-state index < -0.39 is 0 Å². The Hall–Kier alpha value is -1.04. The summed E-state index contributed by atoms with van der Waals surface area (Å²) in [4.78, 5) is 0. The molecule has 0 saturated heterocycles. The van der Waals surface area contributed by atoms with Crippen LogP contribution in [0.2, 0.25) is 0 Å². The predicted octanol–water partition coefficient (Wildman–Crippen LogP) is 2.63. The highest BCUT2D eigenvalue weighted by Crippen LogP contribution is 2.47. The first kappa shape index (κ1) is 5.59. The Kier molecular flexibility index (Phi) is 0.894. The third-order valence-corrected chi connectivity index (χ3v) is 2.76. The van der Waals surface area contributed by atoms with Crippen LogP contribution in [0.5, 0.6) is 0 Å². The topological polar surface area (TPSA) is 0 Å². The fourth-order valence-corrected chi connectivity index (χ4v) is 2.22. The zero-order valence-electron chi connectivity index (χ0n) is 6.25. The van der Waals surface area contributed by atoms with E-state index in [0.717, 1.165) is 0 Å². The maximum atomic E-state index is 3.39. The van der Waals surface area contributed by atoms with Gasteiger partial charge in [0, 0.05) is 11.8 Å². The molecule has 53 valence electrons. The molecule has 3 rings (SSSR count). The molecular formula is C11H9. The van der Waals surface area contributed by atoms with E-state index >= 15 is 0 Å². The predicted molar refractivity (Wildman–Crippen MR) is 44.4 cm³/mol. The van der Waals surface area contributed by atoms with Crippen molar-refractivity contribution >= 4 is 0 Å². The van der Waals surface area contributed by atoms with Crippen molar-refractivity contribution in [2.24, 2.45) is 0 Å². The fourth-order valence-electron chi connectivity index (χ4n) is 2.22. The van der Waals surface area contributed by atoms with Gasteiger partial charge in [-0.3, -0.25) is 0 Å². The molecule has 2 aliphatic carbocycles. The Morgan fingerprint density at radius 3 is 2.82 bits per heavy atom. The molecule has 0 amide bonds. The summed E-state index contributed by atoms with van der Waals surface area (Å²) in [6, 6.07) is 8.74. The van der Waals surface area contributed by atoms with Crippen molar-refractivity contribution in [3.8, 4) is 0 Å². The Labute approximate surface area is 66.6 Å². The second-order valence-electron chi connectivity index (χ2n) is 3.36. The molecule has 2 atom stereocenters. The lowest BCUT2D eigenvalue weighted by atomic mass is 9.97. The highest BCUT2D eigenvalue weighted by molar-refractivity contribution is 5.45. The summed E-state index contributed by atoms with van der Waals surface area (Å²) in [5.74, 6) is 1.31. The van der Waals surface area contributed by atoms with E-state index in [1.165, 1.54) is 17.5 Å². The van der Waals surface area contributed by atoms with E-state index in [-0.39, 0.29) is 0 Å². The number of fused-ring (bicyclic) bond motifs is 5. The Bertz CT molecular complexity index is 292. The molecule has 2 unspecified atom stereocenters. The molecule has 0 heteroatoms. The molecule has 1 radical (unpaired) electrons. The van der Waals surface area contributed by atoms with Gasteiger partial charge < -0.3 is 0 Å². The average molecular weight is 141 g/mol. The second-order valence-corrected chi connectivity index (χ2v) is 3.36. The molecule has 0 N–H and O–H groups in total. The average Bonchev–Trinajstić information content (AvgIpc) is 2.64. The van der Waals surface area contributed by atoms with Crippen molar-refractivity contribution in [3.63, 3.8) is 0 Å². The van der Waals surface area contributed by atoms with Crippen molar-refractivity contribution < 1.29 is 0 Å². The molecular weight excluding hydrogens is 132 g/mol. The van der Waals surface area contributed by atoms with E-state index in [1.54, 1.807) is 0 Å². The standard InChI is InChI=1S/C11H9/c1-2-4-11-9-6-5-8(7-9)10(11)3-1/h1-5,8-9H,7H2. The van der Waals surface area contributed by atoms with Gasteiger partial charge in [-0.1, -0.05) is 30.3 Å². The van der Waals surface area contributed by atoms with Crippen molar-refractivity contribution in [2.45, 2.75) is 18.3 Å². The SMILES string of the molecule is [C]1=CC2CC1c1ccccc12. The van der Waals surface area contributed by atoms with Gasteiger partial charge in [0.2, 0.25) is 0 Å². The Morgan fingerprint density at radius 2 is 2.00 bits per heavy atom. The molecule has 0 spiro atoms. The van der Waals surface area contributed by atoms with Crippen LogP contribution in [-0.4, -0.2) is 0 Å². The molecule has 2 aliphatic rings. The van der Waals surface area contributed by atoms with Crippen LogP contribution in [0, 0.1) is 6.08 Å². The third kappa shape index (κ3) is 0.597. The first-order valence-electron chi connectivity index (χ1n) is 4.13. The van der Waals surface area contributed by atoms with Crippen LogP contribution in [0.1, 0.15) is 29.4 Å². The smallest absolute Gasteiger partial charge is 0.0101 e. The van der Waals surface area contributed by atoms with Crippen molar-refractivity contribution in [3.05, 3.63) is 47.5 Å². The summed E-state index contributed by atoms with van der Waals surface area (Å²) < 4.78 is 0. The monoisotopic (exact) mass is 141 g/mol.